The van der Waals surface area contributed by atoms with Crippen molar-refractivity contribution in [2.24, 2.45) is 0 Å². The highest BCUT2D eigenvalue weighted by atomic mass is 16.5. The normalized spacial score (nSPS) is 17.3. The van der Waals surface area contributed by atoms with Gasteiger partial charge in [0.2, 0.25) is 0 Å². The van der Waals surface area contributed by atoms with Crippen molar-refractivity contribution in [3.63, 3.8) is 0 Å². The second-order valence-electron chi connectivity index (χ2n) is 6.88. The van der Waals surface area contributed by atoms with Gasteiger partial charge in [-0.3, -0.25) is 4.90 Å². The van der Waals surface area contributed by atoms with Crippen LogP contribution in [0.2, 0.25) is 0 Å². The largest absolute Gasteiger partial charge is 0.497 e. The Labute approximate surface area is 159 Å². The molecule has 1 unspecified atom stereocenters. The van der Waals surface area contributed by atoms with E-state index in [0.29, 0.717) is 13.2 Å². The fourth-order valence-electron chi connectivity index (χ4n) is 3.45. The summed E-state index contributed by atoms with van der Waals surface area (Å²) in [7, 11) is 1.67. The smallest absolute Gasteiger partial charge is 0.157 e. The van der Waals surface area contributed by atoms with Gasteiger partial charge < -0.3 is 9.47 Å². The average molecular weight is 364 g/mol. The molecule has 1 atom stereocenters. The Kier molecular flexibility index (Phi) is 5.18. The lowest BCUT2D eigenvalue weighted by atomic mass is 10.1. The first kappa shape index (κ1) is 17.7. The summed E-state index contributed by atoms with van der Waals surface area (Å²) < 4.78 is 13.1. The number of benzene rings is 2. The highest BCUT2D eigenvalue weighted by Gasteiger charge is 2.29. The van der Waals surface area contributed by atoms with Gasteiger partial charge in [-0.15, -0.1) is 5.10 Å². The second-order valence-corrected chi connectivity index (χ2v) is 6.88. The molecule has 0 radical (unpaired) electrons. The summed E-state index contributed by atoms with van der Waals surface area (Å²) in [5.41, 5.74) is 4.53. The maximum Gasteiger partial charge on any atom is 0.157 e. The lowest BCUT2D eigenvalue weighted by Crippen LogP contribution is -2.23. The van der Waals surface area contributed by atoms with Crippen LogP contribution in [-0.2, 0) is 17.8 Å². The molecule has 0 amide bonds. The molecule has 0 spiro atoms. The van der Waals surface area contributed by atoms with Gasteiger partial charge >= 0.3 is 0 Å². The van der Waals surface area contributed by atoms with Gasteiger partial charge in [0, 0.05) is 13.1 Å². The number of ether oxygens (including phenoxy) is 2. The predicted octanol–water partition coefficient (Wildman–Crippen LogP) is 3.17. The summed E-state index contributed by atoms with van der Waals surface area (Å²) in [5.74, 6) is 0.844. The molecule has 0 bridgehead atoms. The fraction of sp³-hybridized carbons (Fsp3) is 0.333. The van der Waals surface area contributed by atoms with Crippen molar-refractivity contribution in [2.45, 2.75) is 26.2 Å². The lowest BCUT2D eigenvalue weighted by molar-refractivity contribution is 0.0252. The van der Waals surface area contributed by atoms with Gasteiger partial charge in [-0.05, 0) is 30.2 Å². The molecule has 1 saturated heterocycles. The van der Waals surface area contributed by atoms with E-state index in [2.05, 4.69) is 52.5 Å². The predicted molar refractivity (Wildman–Crippen MR) is 102 cm³/mol. The first-order valence-electron chi connectivity index (χ1n) is 9.15. The third-order valence-corrected chi connectivity index (χ3v) is 4.74. The van der Waals surface area contributed by atoms with Crippen LogP contribution in [0.25, 0.3) is 0 Å². The van der Waals surface area contributed by atoms with Crippen molar-refractivity contribution < 1.29 is 9.47 Å². The summed E-state index contributed by atoms with van der Waals surface area (Å²) in [5, 5.41) is 8.65. The number of hydrogen-bond donors (Lipinski definition) is 0. The van der Waals surface area contributed by atoms with Crippen LogP contribution in [-0.4, -0.2) is 40.2 Å². The van der Waals surface area contributed by atoms with E-state index >= 15 is 0 Å². The summed E-state index contributed by atoms with van der Waals surface area (Å²) in [6.07, 6.45) is 1.82. The minimum Gasteiger partial charge on any atom is -0.497 e. The van der Waals surface area contributed by atoms with Crippen LogP contribution in [0.5, 0.6) is 5.75 Å². The van der Waals surface area contributed by atoms with E-state index in [-0.39, 0.29) is 6.23 Å². The van der Waals surface area contributed by atoms with Crippen molar-refractivity contribution in [3.05, 3.63) is 77.1 Å². The first-order valence-corrected chi connectivity index (χ1v) is 9.15. The van der Waals surface area contributed by atoms with E-state index in [1.165, 1.54) is 11.1 Å². The summed E-state index contributed by atoms with van der Waals surface area (Å²) >= 11 is 0. The maximum absolute atomic E-state index is 5.94. The molecule has 27 heavy (non-hydrogen) atoms. The number of rotatable bonds is 6. The number of aryl methyl sites for hydroxylation is 1. The number of hydrogen-bond acceptors (Lipinski definition) is 5. The van der Waals surface area contributed by atoms with Crippen LogP contribution in [0.15, 0.2) is 54.7 Å². The van der Waals surface area contributed by atoms with Gasteiger partial charge in [0.1, 0.15) is 11.4 Å². The van der Waals surface area contributed by atoms with Gasteiger partial charge in [0.25, 0.3) is 0 Å². The lowest BCUT2D eigenvalue weighted by Gasteiger charge is -2.21. The van der Waals surface area contributed by atoms with Gasteiger partial charge in [-0.25, -0.2) is 4.68 Å². The van der Waals surface area contributed by atoms with E-state index < -0.39 is 0 Å². The van der Waals surface area contributed by atoms with Crippen LogP contribution in [0.4, 0.5) is 0 Å². The average Bonchev–Trinajstić information content (AvgIpc) is 3.31. The Bertz CT molecular complexity index is 908. The highest BCUT2D eigenvalue weighted by Crippen LogP contribution is 2.27. The first-order chi connectivity index (χ1) is 13.2. The molecule has 1 aliphatic heterocycles. The standard InChI is InChI=1S/C21H24N4O2/c1-16-5-3-6-17(11-16)13-24-9-10-27-21(24)20-15-25(23-22-20)14-18-7-4-8-19(12-18)26-2/h3-8,11-12,15,21H,9-10,13-14H2,1-2H3. The van der Waals surface area contributed by atoms with Gasteiger partial charge in [0.15, 0.2) is 6.23 Å². The van der Waals surface area contributed by atoms with E-state index in [1.807, 2.05) is 29.1 Å². The third kappa shape index (κ3) is 4.18. The molecule has 6 nitrogen and oxygen atoms in total. The minimum absolute atomic E-state index is 0.149. The number of nitrogens with zero attached hydrogens (tertiary/aromatic N) is 4. The zero-order valence-corrected chi connectivity index (χ0v) is 15.7. The topological polar surface area (TPSA) is 52.4 Å². The Morgan fingerprint density at radius 1 is 1.11 bits per heavy atom. The van der Waals surface area contributed by atoms with Gasteiger partial charge in [0.05, 0.1) is 26.5 Å². The van der Waals surface area contributed by atoms with Crippen LogP contribution in [0, 0.1) is 6.92 Å². The number of aromatic nitrogens is 3. The molecule has 1 aromatic heterocycles. The second kappa shape index (κ2) is 7.90. The molecule has 140 valence electrons. The van der Waals surface area contributed by atoms with Gasteiger partial charge in [-0.2, -0.15) is 0 Å². The summed E-state index contributed by atoms with van der Waals surface area (Å²) in [6.45, 7) is 5.20. The van der Waals surface area contributed by atoms with Crippen LogP contribution >= 0.6 is 0 Å². The summed E-state index contributed by atoms with van der Waals surface area (Å²) in [4.78, 5) is 2.30. The van der Waals surface area contributed by atoms with Crippen molar-refractivity contribution >= 4 is 0 Å². The fourth-order valence-corrected chi connectivity index (χ4v) is 3.45. The van der Waals surface area contributed by atoms with E-state index in [4.69, 9.17) is 9.47 Å². The molecular weight excluding hydrogens is 340 g/mol. The molecular formula is C21H24N4O2. The van der Waals surface area contributed by atoms with Crippen molar-refractivity contribution in [1.29, 1.82) is 0 Å². The van der Waals surface area contributed by atoms with E-state index in [9.17, 15) is 0 Å². The minimum atomic E-state index is -0.149. The monoisotopic (exact) mass is 364 g/mol. The Balaban J connectivity index is 1.46. The molecule has 1 fully saturated rings. The summed E-state index contributed by atoms with van der Waals surface area (Å²) in [6, 6.07) is 16.6. The molecule has 0 saturated carbocycles. The zero-order valence-electron chi connectivity index (χ0n) is 15.7. The quantitative estimate of drug-likeness (QED) is 0.672. The van der Waals surface area contributed by atoms with Crippen LogP contribution < -0.4 is 4.74 Å². The van der Waals surface area contributed by atoms with Crippen LogP contribution in [0.1, 0.15) is 28.6 Å². The van der Waals surface area contributed by atoms with Crippen molar-refractivity contribution in [3.8, 4) is 5.75 Å². The SMILES string of the molecule is COc1cccc(Cn2cc(C3OCCN3Cc3cccc(C)c3)nn2)c1. The number of methoxy groups -OCH3 is 1. The molecule has 1 aliphatic rings. The van der Waals surface area contributed by atoms with E-state index in [0.717, 1.165) is 30.1 Å². The van der Waals surface area contributed by atoms with Gasteiger partial charge in [-0.1, -0.05) is 47.2 Å². The van der Waals surface area contributed by atoms with E-state index in [1.54, 1.807) is 7.11 Å². The maximum atomic E-state index is 5.94. The molecule has 2 aromatic carbocycles. The Morgan fingerprint density at radius 2 is 1.93 bits per heavy atom. The molecule has 0 aliphatic carbocycles. The molecule has 0 N–H and O–H groups in total. The van der Waals surface area contributed by atoms with Crippen LogP contribution in [0.3, 0.4) is 0 Å². The zero-order chi connectivity index (χ0) is 18.6. The third-order valence-electron chi connectivity index (χ3n) is 4.74. The van der Waals surface area contributed by atoms with Crippen molar-refractivity contribution in [2.75, 3.05) is 20.3 Å². The Hall–Kier alpha value is -2.70. The van der Waals surface area contributed by atoms with Crippen molar-refractivity contribution in [1.82, 2.24) is 19.9 Å². The Morgan fingerprint density at radius 3 is 2.74 bits per heavy atom. The highest BCUT2D eigenvalue weighted by molar-refractivity contribution is 5.28. The molecule has 2 heterocycles. The molecule has 3 aromatic rings. The molecule has 4 rings (SSSR count). The molecule has 6 heteroatoms.